The summed E-state index contributed by atoms with van der Waals surface area (Å²) in [5, 5.41) is 21.0. The van der Waals surface area contributed by atoms with Gasteiger partial charge >= 0.3 is 5.97 Å². The average molecular weight is 445 g/mol. The molecule has 0 aromatic heterocycles. The molecule has 1 saturated carbocycles. The van der Waals surface area contributed by atoms with Crippen molar-refractivity contribution >= 4 is 5.97 Å². The molecule has 0 radical (unpaired) electrons. The summed E-state index contributed by atoms with van der Waals surface area (Å²) in [7, 11) is 0. The van der Waals surface area contributed by atoms with Crippen molar-refractivity contribution in [2.24, 2.45) is 17.8 Å². The normalized spacial score (nSPS) is 26.9. The Morgan fingerprint density at radius 1 is 1.22 bits per heavy atom. The summed E-state index contributed by atoms with van der Waals surface area (Å²) in [4.78, 5) is 11.6. The number of aliphatic hydroxyl groups excluding tert-OH is 2. The second-order valence-electron chi connectivity index (χ2n) is 9.51. The fourth-order valence-electron chi connectivity index (χ4n) is 4.96. The van der Waals surface area contributed by atoms with Gasteiger partial charge < -0.3 is 14.9 Å². The third-order valence-electron chi connectivity index (χ3n) is 6.66. The fourth-order valence-corrected chi connectivity index (χ4v) is 4.96. The van der Waals surface area contributed by atoms with Crippen molar-refractivity contribution in [3.63, 3.8) is 0 Å². The lowest BCUT2D eigenvalue weighted by atomic mass is 9.89. The van der Waals surface area contributed by atoms with Gasteiger partial charge in [0.05, 0.1) is 18.3 Å². The molecule has 5 atom stereocenters. The van der Waals surface area contributed by atoms with Gasteiger partial charge in [0, 0.05) is 18.8 Å². The lowest BCUT2D eigenvalue weighted by Crippen LogP contribution is -2.21. The van der Waals surface area contributed by atoms with Crippen LogP contribution in [0, 0.1) is 17.8 Å². The molecule has 0 aliphatic heterocycles. The summed E-state index contributed by atoms with van der Waals surface area (Å²) in [6.45, 7) is 3.67. The molecule has 2 N–H and O–H groups in total. The number of rotatable bonds is 10. The minimum atomic E-state index is -1.10. The molecule has 3 rings (SSSR count). The van der Waals surface area contributed by atoms with Crippen LogP contribution in [0.4, 0.5) is 4.39 Å². The molecule has 0 saturated heterocycles. The van der Waals surface area contributed by atoms with Crippen LogP contribution in [-0.4, -0.2) is 40.7 Å². The molecule has 0 heterocycles. The van der Waals surface area contributed by atoms with E-state index < -0.39 is 24.3 Å². The average Bonchev–Trinajstić information content (AvgIpc) is 3.29. The number of halogens is 1. The van der Waals surface area contributed by atoms with Gasteiger partial charge in [-0.25, -0.2) is 4.39 Å². The molecule has 1 fully saturated rings. The van der Waals surface area contributed by atoms with Crippen LogP contribution in [0.3, 0.4) is 0 Å². The Kier molecular flexibility index (Phi) is 9.06. The first-order valence-electron chi connectivity index (χ1n) is 11.9. The Bertz CT molecular complexity index is 778. The molecule has 0 unspecified atom stereocenters. The zero-order valence-corrected chi connectivity index (χ0v) is 19.2. The van der Waals surface area contributed by atoms with Crippen molar-refractivity contribution in [1.82, 2.24) is 0 Å². The Balaban J connectivity index is 1.47. The van der Waals surface area contributed by atoms with Crippen molar-refractivity contribution in [2.75, 3.05) is 0 Å². The fraction of sp³-hybridized carbons (Fsp3) is 0.593. The highest BCUT2D eigenvalue weighted by atomic mass is 19.1. The van der Waals surface area contributed by atoms with E-state index in [-0.39, 0.29) is 30.3 Å². The summed E-state index contributed by atoms with van der Waals surface area (Å²) in [5.41, 5.74) is 2.56. The van der Waals surface area contributed by atoms with E-state index in [0.717, 1.165) is 19.3 Å². The van der Waals surface area contributed by atoms with E-state index in [2.05, 4.69) is 12.1 Å². The molecule has 5 heteroatoms. The van der Waals surface area contributed by atoms with Gasteiger partial charge in [-0.3, -0.25) is 4.79 Å². The number of alkyl halides is 1. The predicted molar refractivity (Wildman–Crippen MR) is 124 cm³/mol. The van der Waals surface area contributed by atoms with Crippen molar-refractivity contribution < 1.29 is 24.1 Å². The standard InChI is InChI=1S/C27H37FO4/c1-18(2)32-27(31)12-6-4-3-5-11-23-22(24(28)17-26(23)30)13-14-25(29)21-15-19-9-7-8-10-20(19)16-21/h3,5,7-10,13-14,18,21-26,29-30H,4,6,11-12,15-17H2,1-2H3/b5-3?,14-13+/t22-,23-,24+,25+,26+/m1/s1. The molecule has 2 aliphatic rings. The molecular weight excluding hydrogens is 407 g/mol. The minimum Gasteiger partial charge on any atom is -0.463 e. The molecule has 0 spiro atoms. The zero-order valence-electron chi connectivity index (χ0n) is 19.2. The summed E-state index contributed by atoms with van der Waals surface area (Å²) in [6, 6.07) is 8.25. The number of aliphatic hydroxyl groups is 2. The Labute approximate surface area is 191 Å². The number of unbranched alkanes of at least 4 members (excludes halogenated alkanes) is 1. The smallest absolute Gasteiger partial charge is 0.306 e. The number of hydrogen-bond acceptors (Lipinski definition) is 4. The molecular formula is C27H37FO4. The quantitative estimate of drug-likeness (QED) is 0.311. The van der Waals surface area contributed by atoms with E-state index in [1.807, 2.05) is 38.1 Å². The molecule has 32 heavy (non-hydrogen) atoms. The molecule has 1 aromatic carbocycles. The highest BCUT2D eigenvalue weighted by Crippen LogP contribution is 2.38. The highest BCUT2D eigenvalue weighted by Gasteiger charge is 2.40. The number of allylic oxidation sites excluding steroid dienone is 3. The number of esters is 1. The first kappa shape index (κ1) is 24.7. The van der Waals surface area contributed by atoms with E-state index in [1.54, 1.807) is 12.2 Å². The Morgan fingerprint density at radius 2 is 1.91 bits per heavy atom. The first-order valence-corrected chi connectivity index (χ1v) is 11.9. The zero-order chi connectivity index (χ0) is 23.1. The molecule has 1 aromatic rings. The summed E-state index contributed by atoms with van der Waals surface area (Å²) < 4.78 is 19.7. The van der Waals surface area contributed by atoms with Gasteiger partial charge in [0.1, 0.15) is 6.17 Å². The van der Waals surface area contributed by atoms with E-state index in [0.29, 0.717) is 19.3 Å². The number of carbonyl (C=O) groups excluding carboxylic acids is 1. The third-order valence-corrected chi connectivity index (χ3v) is 6.66. The largest absolute Gasteiger partial charge is 0.463 e. The lowest BCUT2D eigenvalue weighted by molar-refractivity contribution is -0.147. The highest BCUT2D eigenvalue weighted by molar-refractivity contribution is 5.69. The second-order valence-corrected chi connectivity index (χ2v) is 9.51. The monoisotopic (exact) mass is 444 g/mol. The van der Waals surface area contributed by atoms with Crippen LogP contribution in [-0.2, 0) is 22.4 Å². The van der Waals surface area contributed by atoms with Crippen LogP contribution in [0.25, 0.3) is 0 Å². The van der Waals surface area contributed by atoms with E-state index in [4.69, 9.17) is 4.74 Å². The van der Waals surface area contributed by atoms with Gasteiger partial charge in [-0.05, 0) is 68.9 Å². The summed E-state index contributed by atoms with van der Waals surface area (Å²) in [5.74, 6) is -0.659. The molecule has 176 valence electrons. The van der Waals surface area contributed by atoms with E-state index >= 15 is 0 Å². The Hall–Kier alpha value is -1.98. The molecule has 0 bridgehead atoms. The van der Waals surface area contributed by atoms with Gasteiger partial charge in [-0.1, -0.05) is 48.6 Å². The number of benzene rings is 1. The van der Waals surface area contributed by atoms with Gasteiger partial charge in [-0.2, -0.15) is 0 Å². The predicted octanol–water partition coefficient (Wildman–Crippen LogP) is 4.72. The van der Waals surface area contributed by atoms with E-state index in [1.165, 1.54) is 11.1 Å². The van der Waals surface area contributed by atoms with Crippen molar-refractivity contribution in [1.29, 1.82) is 0 Å². The molecule has 2 aliphatic carbocycles. The van der Waals surface area contributed by atoms with Gasteiger partial charge in [0.2, 0.25) is 0 Å². The lowest BCUT2D eigenvalue weighted by Gasteiger charge is -2.20. The first-order chi connectivity index (χ1) is 15.3. The van der Waals surface area contributed by atoms with Crippen LogP contribution >= 0.6 is 0 Å². The van der Waals surface area contributed by atoms with Crippen LogP contribution in [0.1, 0.15) is 57.1 Å². The topological polar surface area (TPSA) is 66.8 Å². The molecule has 4 nitrogen and oxygen atoms in total. The van der Waals surface area contributed by atoms with Crippen molar-refractivity contribution in [3.8, 4) is 0 Å². The summed E-state index contributed by atoms with van der Waals surface area (Å²) >= 11 is 0. The van der Waals surface area contributed by atoms with Gasteiger partial charge in [0.15, 0.2) is 0 Å². The Morgan fingerprint density at radius 3 is 2.56 bits per heavy atom. The summed E-state index contributed by atoms with van der Waals surface area (Å²) in [6.07, 6.45) is 9.24. The maximum atomic E-state index is 14.6. The maximum Gasteiger partial charge on any atom is 0.306 e. The van der Waals surface area contributed by atoms with Crippen molar-refractivity contribution in [2.45, 2.75) is 83.3 Å². The van der Waals surface area contributed by atoms with Gasteiger partial charge in [0.25, 0.3) is 0 Å². The van der Waals surface area contributed by atoms with Crippen LogP contribution in [0.2, 0.25) is 0 Å². The second kappa shape index (κ2) is 11.8. The van der Waals surface area contributed by atoms with Crippen LogP contribution < -0.4 is 0 Å². The maximum absolute atomic E-state index is 14.6. The molecule has 0 amide bonds. The number of ether oxygens (including phenoxy) is 1. The SMILES string of the molecule is CC(C)OC(=O)CCCC=CC[C@@H]1[C@@H](/C=C/[C@H](O)C2Cc3ccccc3C2)[C@@H](F)C[C@@H]1O. The minimum absolute atomic E-state index is 0.0944. The van der Waals surface area contributed by atoms with Crippen LogP contribution in [0.15, 0.2) is 48.6 Å². The number of hydrogen-bond donors (Lipinski definition) is 2. The third kappa shape index (κ3) is 6.76. The number of carbonyl (C=O) groups is 1. The van der Waals surface area contributed by atoms with Crippen molar-refractivity contribution in [3.05, 3.63) is 59.7 Å². The van der Waals surface area contributed by atoms with Gasteiger partial charge in [-0.15, -0.1) is 0 Å². The van der Waals surface area contributed by atoms with Crippen LogP contribution in [0.5, 0.6) is 0 Å². The van der Waals surface area contributed by atoms with E-state index in [9.17, 15) is 19.4 Å². The number of fused-ring (bicyclic) bond motifs is 1.